The van der Waals surface area contributed by atoms with E-state index in [1.807, 2.05) is 0 Å². The Balaban J connectivity index is 0.00000729. The standard InChI is InChI=1S/C26H47N.BrH/c1-2-3-4-5-6-7-8-9-10-11-12-13-14-15-16-20-24-27-25-23-26-21-18-17-19-22-26;/h17-19,21-22,27H,2-16,20,23-25H2,1H3;1H. The fraction of sp³-hybridized carbons (Fsp3) is 0.769. The third kappa shape index (κ3) is 19.0. The molecule has 0 aliphatic heterocycles. The van der Waals surface area contributed by atoms with Crippen LogP contribution in [0.15, 0.2) is 30.3 Å². The van der Waals surface area contributed by atoms with Crippen LogP contribution in [0.2, 0.25) is 0 Å². The van der Waals surface area contributed by atoms with Crippen LogP contribution in [-0.2, 0) is 6.42 Å². The third-order valence-electron chi connectivity index (χ3n) is 5.64. The summed E-state index contributed by atoms with van der Waals surface area (Å²) in [5, 5.41) is 3.58. The molecule has 0 saturated heterocycles. The molecule has 2 heteroatoms. The van der Waals surface area contributed by atoms with Gasteiger partial charge in [-0.2, -0.15) is 0 Å². The molecule has 1 nitrogen and oxygen atoms in total. The van der Waals surface area contributed by atoms with Crippen molar-refractivity contribution in [1.29, 1.82) is 0 Å². The second-order valence-corrected chi connectivity index (χ2v) is 8.29. The predicted octanol–water partition coefficient (Wildman–Crippen LogP) is 8.66. The van der Waals surface area contributed by atoms with E-state index >= 15 is 0 Å². The van der Waals surface area contributed by atoms with E-state index in [2.05, 4.69) is 42.6 Å². The second-order valence-electron chi connectivity index (χ2n) is 8.29. The van der Waals surface area contributed by atoms with Crippen molar-refractivity contribution < 1.29 is 0 Å². The Labute approximate surface area is 187 Å². The first-order valence-corrected chi connectivity index (χ1v) is 12.2. The Kier molecular flexibility index (Phi) is 22.7. The highest BCUT2D eigenvalue weighted by atomic mass is 79.9. The molecule has 0 aromatic heterocycles. The minimum absolute atomic E-state index is 0. The number of benzene rings is 1. The second kappa shape index (κ2) is 22.9. The number of hydrogen-bond donors (Lipinski definition) is 1. The average molecular weight is 455 g/mol. The average Bonchev–Trinajstić information content (AvgIpc) is 2.70. The molecule has 1 rings (SSSR count). The van der Waals surface area contributed by atoms with Crippen molar-refractivity contribution in [3.8, 4) is 0 Å². The lowest BCUT2D eigenvalue weighted by Crippen LogP contribution is -2.18. The van der Waals surface area contributed by atoms with E-state index in [0.717, 1.165) is 13.0 Å². The summed E-state index contributed by atoms with van der Waals surface area (Å²) >= 11 is 0. The van der Waals surface area contributed by atoms with E-state index in [4.69, 9.17) is 0 Å². The first-order valence-electron chi connectivity index (χ1n) is 12.2. The zero-order valence-corrected chi connectivity index (χ0v) is 20.4. The molecular formula is C26H48BrN. The number of hydrogen-bond acceptors (Lipinski definition) is 1. The highest BCUT2D eigenvalue weighted by Crippen LogP contribution is 2.13. The number of nitrogens with one attached hydrogen (secondary N) is 1. The number of halogens is 1. The van der Waals surface area contributed by atoms with Gasteiger partial charge in [0.15, 0.2) is 0 Å². The van der Waals surface area contributed by atoms with Crippen molar-refractivity contribution in [3.63, 3.8) is 0 Å². The van der Waals surface area contributed by atoms with Crippen LogP contribution in [0.25, 0.3) is 0 Å². The molecule has 0 fully saturated rings. The highest BCUT2D eigenvalue weighted by molar-refractivity contribution is 8.93. The Morgan fingerprint density at radius 3 is 1.43 bits per heavy atom. The van der Waals surface area contributed by atoms with Gasteiger partial charge >= 0.3 is 0 Å². The SMILES string of the molecule is Br.CCCCCCCCCCCCCCCCCCNCCc1ccccc1. The summed E-state index contributed by atoms with van der Waals surface area (Å²) in [6, 6.07) is 10.8. The molecule has 0 atom stereocenters. The predicted molar refractivity (Wildman–Crippen MR) is 133 cm³/mol. The van der Waals surface area contributed by atoms with Gasteiger partial charge < -0.3 is 5.32 Å². The van der Waals surface area contributed by atoms with Crippen molar-refractivity contribution in [2.45, 2.75) is 116 Å². The molecule has 1 aromatic carbocycles. The van der Waals surface area contributed by atoms with Gasteiger partial charge in [0.25, 0.3) is 0 Å². The van der Waals surface area contributed by atoms with E-state index in [1.165, 1.54) is 115 Å². The Morgan fingerprint density at radius 1 is 0.536 bits per heavy atom. The highest BCUT2D eigenvalue weighted by Gasteiger charge is 1.95. The summed E-state index contributed by atoms with van der Waals surface area (Å²) < 4.78 is 0. The summed E-state index contributed by atoms with van der Waals surface area (Å²) in [6.07, 6.45) is 24.3. The van der Waals surface area contributed by atoms with Crippen molar-refractivity contribution in [2.24, 2.45) is 0 Å². The zero-order valence-electron chi connectivity index (χ0n) is 18.7. The molecular weight excluding hydrogens is 406 g/mol. The van der Waals surface area contributed by atoms with Crippen LogP contribution in [0.5, 0.6) is 0 Å². The summed E-state index contributed by atoms with van der Waals surface area (Å²) in [6.45, 7) is 4.60. The van der Waals surface area contributed by atoms with E-state index < -0.39 is 0 Å². The molecule has 1 aromatic rings. The van der Waals surface area contributed by atoms with Crippen molar-refractivity contribution in [3.05, 3.63) is 35.9 Å². The minimum Gasteiger partial charge on any atom is -0.316 e. The van der Waals surface area contributed by atoms with E-state index in [-0.39, 0.29) is 17.0 Å². The van der Waals surface area contributed by atoms with Gasteiger partial charge in [0.1, 0.15) is 0 Å². The van der Waals surface area contributed by atoms with Crippen LogP contribution in [0, 0.1) is 0 Å². The van der Waals surface area contributed by atoms with E-state index in [9.17, 15) is 0 Å². The monoisotopic (exact) mass is 453 g/mol. The lowest BCUT2D eigenvalue weighted by molar-refractivity contribution is 0.525. The molecule has 0 bridgehead atoms. The van der Waals surface area contributed by atoms with Crippen LogP contribution in [-0.4, -0.2) is 13.1 Å². The molecule has 164 valence electrons. The molecule has 0 aliphatic rings. The van der Waals surface area contributed by atoms with Gasteiger partial charge in [0, 0.05) is 0 Å². The largest absolute Gasteiger partial charge is 0.316 e. The van der Waals surface area contributed by atoms with Gasteiger partial charge in [-0.1, -0.05) is 134 Å². The van der Waals surface area contributed by atoms with Crippen LogP contribution in [0.4, 0.5) is 0 Å². The molecule has 0 heterocycles. The van der Waals surface area contributed by atoms with Gasteiger partial charge in [0.05, 0.1) is 0 Å². The molecule has 0 aliphatic carbocycles. The zero-order chi connectivity index (χ0) is 19.3. The minimum atomic E-state index is 0. The fourth-order valence-corrected chi connectivity index (χ4v) is 3.80. The molecule has 0 amide bonds. The maximum absolute atomic E-state index is 3.58. The lowest BCUT2D eigenvalue weighted by Gasteiger charge is -2.05. The van der Waals surface area contributed by atoms with Gasteiger partial charge in [-0.3, -0.25) is 0 Å². The van der Waals surface area contributed by atoms with Gasteiger partial charge in [-0.15, -0.1) is 17.0 Å². The molecule has 0 radical (unpaired) electrons. The topological polar surface area (TPSA) is 12.0 Å². The van der Waals surface area contributed by atoms with E-state index in [1.54, 1.807) is 0 Å². The van der Waals surface area contributed by atoms with Gasteiger partial charge in [-0.25, -0.2) is 0 Å². The number of rotatable bonds is 20. The molecule has 28 heavy (non-hydrogen) atoms. The number of unbranched alkanes of at least 4 members (excludes halogenated alkanes) is 15. The van der Waals surface area contributed by atoms with Crippen LogP contribution in [0.3, 0.4) is 0 Å². The molecule has 1 N–H and O–H groups in total. The quantitative estimate of drug-likeness (QED) is 0.194. The Hall–Kier alpha value is -0.340. The first-order chi connectivity index (χ1) is 13.4. The first kappa shape index (κ1) is 27.7. The lowest BCUT2D eigenvalue weighted by atomic mass is 10.0. The third-order valence-corrected chi connectivity index (χ3v) is 5.64. The molecule has 0 unspecified atom stereocenters. The fourth-order valence-electron chi connectivity index (χ4n) is 3.80. The molecule has 0 spiro atoms. The van der Waals surface area contributed by atoms with Crippen molar-refractivity contribution >= 4 is 17.0 Å². The molecule has 0 saturated carbocycles. The summed E-state index contributed by atoms with van der Waals surface area (Å²) in [4.78, 5) is 0. The van der Waals surface area contributed by atoms with Crippen molar-refractivity contribution in [2.75, 3.05) is 13.1 Å². The summed E-state index contributed by atoms with van der Waals surface area (Å²) in [7, 11) is 0. The van der Waals surface area contributed by atoms with Crippen LogP contribution in [0.1, 0.15) is 115 Å². The van der Waals surface area contributed by atoms with Gasteiger partial charge in [-0.05, 0) is 31.5 Å². The van der Waals surface area contributed by atoms with E-state index in [0.29, 0.717) is 0 Å². The Bertz CT molecular complexity index is 393. The maximum Gasteiger partial charge on any atom is -0.000835 e. The van der Waals surface area contributed by atoms with Crippen LogP contribution >= 0.6 is 17.0 Å². The smallest absolute Gasteiger partial charge is 0.000835 e. The normalized spacial score (nSPS) is 10.8. The maximum atomic E-state index is 3.58. The van der Waals surface area contributed by atoms with Crippen LogP contribution < -0.4 is 5.32 Å². The van der Waals surface area contributed by atoms with Crippen molar-refractivity contribution in [1.82, 2.24) is 5.32 Å². The summed E-state index contributed by atoms with van der Waals surface area (Å²) in [5.41, 5.74) is 1.44. The summed E-state index contributed by atoms with van der Waals surface area (Å²) in [5.74, 6) is 0. The van der Waals surface area contributed by atoms with Gasteiger partial charge in [0.2, 0.25) is 0 Å². The Morgan fingerprint density at radius 2 is 0.964 bits per heavy atom.